The fourth-order valence-electron chi connectivity index (χ4n) is 2.25. The highest BCUT2D eigenvalue weighted by atomic mass is 32.2. The monoisotopic (exact) mass is 268 g/mol. The molecule has 2 heterocycles. The number of hydrogen-bond donors (Lipinski definition) is 2. The molecule has 0 unspecified atom stereocenters. The fourth-order valence-corrected chi connectivity index (χ4v) is 3.31. The lowest BCUT2D eigenvalue weighted by Gasteiger charge is -2.21. The van der Waals surface area contributed by atoms with E-state index < -0.39 is 0 Å². The summed E-state index contributed by atoms with van der Waals surface area (Å²) in [6.07, 6.45) is 0.702. The van der Waals surface area contributed by atoms with Gasteiger partial charge in [0.05, 0.1) is 5.69 Å². The zero-order valence-electron chi connectivity index (χ0n) is 10.4. The van der Waals surface area contributed by atoms with Gasteiger partial charge in [0.1, 0.15) is 22.5 Å². The first-order chi connectivity index (χ1) is 9.10. The number of aromatic nitrogens is 1. The summed E-state index contributed by atoms with van der Waals surface area (Å²) >= 11 is 1.56. The van der Waals surface area contributed by atoms with E-state index in [1.165, 1.54) is 16.0 Å². The summed E-state index contributed by atoms with van der Waals surface area (Å²) in [7, 11) is 0. The maximum atomic E-state index is 9.08. The zero-order valence-corrected chi connectivity index (χ0v) is 11.2. The van der Waals surface area contributed by atoms with Gasteiger partial charge in [-0.05, 0) is 18.6 Å². The number of aryl methyl sites for hydroxylation is 1. The van der Waals surface area contributed by atoms with Gasteiger partial charge in [-0.25, -0.2) is 4.98 Å². The molecule has 1 aliphatic heterocycles. The SMILES string of the molecule is Cc1ccc2c(c1)Cc1c(nc(N)c(C#N)c1N)S2. The van der Waals surface area contributed by atoms with Crippen LogP contribution in [0.1, 0.15) is 22.3 Å². The molecule has 5 heteroatoms. The van der Waals surface area contributed by atoms with Crippen LogP contribution in [0.4, 0.5) is 11.5 Å². The van der Waals surface area contributed by atoms with Crippen molar-refractivity contribution in [2.24, 2.45) is 0 Å². The molecule has 1 aromatic heterocycles. The van der Waals surface area contributed by atoms with Crippen molar-refractivity contribution >= 4 is 23.3 Å². The molecule has 0 spiro atoms. The van der Waals surface area contributed by atoms with Crippen LogP contribution in [0.2, 0.25) is 0 Å². The number of fused-ring (bicyclic) bond motifs is 2. The molecule has 2 aromatic rings. The van der Waals surface area contributed by atoms with Crippen LogP contribution < -0.4 is 11.5 Å². The molecule has 0 aliphatic carbocycles. The van der Waals surface area contributed by atoms with Crippen LogP contribution in [0.5, 0.6) is 0 Å². The highest BCUT2D eigenvalue weighted by Gasteiger charge is 2.23. The molecule has 0 atom stereocenters. The lowest BCUT2D eigenvalue weighted by Crippen LogP contribution is -2.10. The van der Waals surface area contributed by atoms with Crippen molar-refractivity contribution in [3.05, 3.63) is 40.5 Å². The molecule has 1 aliphatic rings. The Morgan fingerprint density at radius 3 is 2.89 bits per heavy atom. The van der Waals surface area contributed by atoms with Gasteiger partial charge in [-0.3, -0.25) is 0 Å². The van der Waals surface area contributed by atoms with Gasteiger partial charge in [0.2, 0.25) is 0 Å². The third-order valence-corrected chi connectivity index (χ3v) is 4.38. The van der Waals surface area contributed by atoms with E-state index in [1.807, 2.05) is 6.07 Å². The van der Waals surface area contributed by atoms with E-state index in [0.717, 1.165) is 10.6 Å². The summed E-state index contributed by atoms with van der Waals surface area (Å²) < 4.78 is 0. The smallest absolute Gasteiger partial charge is 0.144 e. The first kappa shape index (κ1) is 11.9. The summed E-state index contributed by atoms with van der Waals surface area (Å²) in [4.78, 5) is 5.48. The van der Waals surface area contributed by atoms with Crippen molar-refractivity contribution in [2.75, 3.05) is 11.5 Å². The van der Waals surface area contributed by atoms with Crippen molar-refractivity contribution in [2.45, 2.75) is 23.3 Å². The fraction of sp³-hybridized carbons (Fsp3) is 0.143. The third-order valence-electron chi connectivity index (χ3n) is 3.23. The molecule has 0 amide bonds. The molecule has 4 N–H and O–H groups in total. The number of nitrogens with zero attached hydrogens (tertiary/aromatic N) is 2. The van der Waals surface area contributed by atoms with E-state index in [4.69, 9.17) is 16.7 Å². The normalized spacial score (nSPS) is 12.4. The number of hydrogen-bond acceptors (Lipinski definition) is 5. The molecule has 94 valence electrons. The van der Waals surface area contributed by atoms with Crippen molar-refractivity contribution < 1.29 is 0 Å². The molecular formula is C14H12N4S. The molecule has 0 bridgehead atoms. The zero-order chi connectivity index (χ0) is 13.6. The summed E-state index contributed by atoms with van der Waals surface area (Å²) in [5.41, 5.74) is 15.9. The van der Waals surface area contributed by atoms with Crippen molar-refractivity contribution in [1.29, 1.82) is 5.26 Å². The second-order valence-corrected chi connectivity index (χ2v) is 5.60. The van der Waals surface area contributed by atoms with Gasteiger partial charge >= 0.3 is 0 Å². The summed E-state index contributed by atoms with van der Waals surface area (Å²) in [5, 5.41) is 9.89. The number of nitrogen functional groups attached to an aromatic ring is 2. The van der Waals surface area contributed by atoms with Crippen LogP contribution in [0.15, 0.2) is 28.1 Å². The van der Waals surface area contributed by atoms with E-state index in [1.54, 1.807) is 11.8 Å². The van der Waals surface area contributed by atoms with Crippen LogP contribution >= 0.6 is 11.8 Å². The van der Waals surface area contributed by atoms with Gasteiger partial charge in [-0.2, -0.15) is 5.26 Å². The quantitative estimate of drug-likeness (QED) is 0.654. The number of nitriles is 1. The predicted octanol–water partition coefficient (Wildman–Crippen LogP) is 2.48. The molecule has 19 heavy (non-hydrogen) atoms. The van der Waals surface area contributed by atoms with Crippen molar-refractivity contribution in [1.82, 2.24) is 4.98 Å². The minimum absolute atomic E-state index is 0.210. The van der Waals surface area contributed by atoms with Gasteiger partial charge in [-0.1, -0.05) is 29.5 Å². The van der Waals surface area contributed by atoms with E-state index in [9.17, 15) is 0 Å². The molecule has 0 saturated carbocycles. The minimum Gasteiger partial charge on any atom is -0.397 e. The van der Waals surface area contributed by atoms with E-state index in [2.05, 4.69) is 30.1 Å². The second-order valence-electron chi connectivity index (χ2n) is 4.57. The van der Waals surface area contributed by atoms with E-state index >= 15 is 0 Å². The van der Waals surface area contributed by atoms with Crippen LogP contribution in [0.25, 0.3) is 0 Å². The molecule has 3 rings (SSSR count). The van der Waals surface area contributed by atoms with Gasteiger partial charge < -0.3 is 11.5 Å². The predicted molar refractivity (Wildman–Crippen MR) is 75.9 cm³/mol. The maximum absolute atomic E-state index is 9.08. The summed E-state index contributed by atoms with van der Waals surface area (Å²) in [5.74, 6) is 0.210. The maximum Gasteiger partial charge on any atom is 0.144 e. The lowest BCUT2D eigenvalue weighted by atomic mass is 10.0. The largest absolute Gasteiger partial charge is 0.397 e. The van der Waals surface area contributed by atoms with Gasteiger partial charge in [0.15, 0.2) is 0 Å². The van der Waals surface area contributed by atoms with Gasteiger partial charge in [0, 0.05) is 16.9 Å². The Bertz CT molecular complexity index is 731. The number of nitrogens with two attached hydrogens (primary N) is 2. The first-order valence-corrected chi connectivity index (χ1v) is 6.67. The minimum atomic E-state index is 0.210. The highest BCUT2D eigenvalue weighted by Crippen LogP contribution is 2.42. The Balaban J connectivity index is 2.18. The Kier molecular flexibility index (Phi) is 2.61. The summed E-state index contributed by atoms with van der Waals surface area (Å²) in [6.45, 7) is 2.06. The number of rotatable bonds is 0. The average molecular weight is 268 g/mol. The highest BCUT2D eigenvalue weighted by molar-refractivity contribution is 7.99. The van der Waals surface area contributed by atoms with E-state index in [0.29, 0.717) is 12.1 Å². The Hall–Kier alpha value is -2.19. The third kappa shape index (κ3) is 1.81. The van der Waals surface area contributed by atoms with Crippen LogP contribution in [-0.2, 0) is 6.42 Å². The molecule has 0 fully saturated rings. The number of benzene rings is 1. The standard InChI is InChI=1S/C14H12N4S/c1-7-2-3-11-8(4-7)5-9-12(16)10(6-15)13(17)18-14(9)19-11/h2-4H,5H2,1H3,(H4,16,17,18). The first-order valence-electron chi connectivity index (χ1n) is 5.85. The van der Waals surface area contributed by atoms with Crippen molar-refractivity contribution in [3.8, 4) is 6.07 Å². The molecule has 4 nitrogen and oxygen atoms in total. The number of pyridine rings is 1. The van der Waals surface area contributed by atoms with Crippen LogP contribution in [0, 0.1) is 18.3 Å². The second kappa shape index (κ2) is 4.18. The Morgan fingerprint density at radius 2 is 2.16 bits per heavy atom. The topological polar surface area (TPSA) is 88.7 Å². The molecule has 1 aromatic carbocycles. The van der Waals surface area contributed by atoms with Gasteiger partial charge in [-0.15, -0.1) is 0 Å². The lowest BCUT2D eigenvalue weighted by molar-refractivity contribution is 0.980. The Labute approximate surface area is 115 Å². The van der Waals surface area contributed by atoms with Gasteiger partial charge in [0.25, 0.3) is 0 Å². The van der Waals surface area contributed by atoms with Crippen molar-refractivity contribution in [3.63, 3.8) is 0 Å². The van der Waals surface area contributed by atoms with Crippen LogP contribution in [-0.4, -0.2) is 4.98 Å². The van der Waals surface area contributed by atoms with E-state index in [-0.39, 0.29) is 11.4 Å². The summed E-state index contributed by atoms with van der Waals surface area (Å²) in [6, 6.07) is 8.34. The molecular weight excluding hydrogens is 256 g/mol. The molecule has 0 radical (unpaired) electrons. The van der Waals surface area contributed by atoms with Crippen LogP contribution in [0.3, 0.4) is 0 Å². The average Bonchev–Trinajstić information content (AvgIpc) is 2.38. The number of anilines is 2. The molecule has 0 saturated heterocycles. The Morgan fingerprint density at radius 1 is 1.37 bits per heavy atom.